The van der Waals surface area contributed by atoms with E-state index in [1.165, 1.54) is 0 Å². The molecule has 132 valence electrons. The molecule has 0 heterocycles. The molecule has 25 heavy (non-hydrogen) atoms. The highest BCUT2D eigenvalue weighted by molar-refractivity contribution is 7.92. The zero-order chi connectivity index (χ0) is 19.0. The van der Waals surface area contributed by atoms with Crippen LogP contribution in [0.15, 0.2) is 35.2 Å². The Bertz CT molecular complexity index is 981. The standard InChI is InChI=1S/C15H7ClF5NO2S/c1-2-9-11(17)5-6-12(14(9)18)22-25(23,24)13-7-8(16)3-4-10(13)15(19,20)21/h1,3-7,22H. The van der Waals surface area contributed by atoms with Gasteiger partial charge in [0, 0.05) is 5.02 Å². The van der Waals surface area contributed by atoms with Crippen LogP contribution >= 0.6 is 11.6 Å². The number of nitrogens with one attached hydrogen (secondary N) is 1. The molecule has 2 aromatic rings. The third-order valence-electron chi connectivity index (χ3n) is 3.02. The number of benzene rings is 2. The Morgan fingerprint density at radius 1 is 1.12 bits per heavy atom. The van der Waals surface area contributed by atoms with Crippen LogP contribution in [0.25, 0.3) is 0 Å². The lowest BCUT2D eigenvalue weighted by Gasteiger charge is -2.15. The van der Waals surface area contributed by atoms with E-state index in [0.717, 1.165) is 6.07 Å². The van der Waals surface area contributed by atoms with Gasteiger partial charge < -0.3 is 0 Å². The molecule has 0 amide bonds. The lowest BCUT2D eigenvalue weighted by Crippen LogP contribution is -2.20. The molecule has 0 aliphatic rings. The predicted octanol–water partition coefficient (Wildman–Crippen LogP) is 4.42. The average Bonchev–Trinajstić information content (AvgIpc) is 2.49. The van der Waals surface area contributed by atoms with Gasteiger partial charge in [0.15, 0.2) is 5.82 Å². The van der Waals surface area contributed by atoms with E-state index in [2.05, 4.69) is 0 Å². The molecule has 10 heteroatoms. The first-order valence-corrected chi connectivity index (χ1v) is 8.17. The molecule has 0 unspecified atom stereocenters. The van der Waals surface area contributed by atoms with E-state index in [1.807, 2.05) is 0 Å². The largest absolute Gasteiger partial charge is 0.417 e. The van der Waals surface area contributed by atoms with Crippen molar-refractivity contribution in [2.75, 3.05) is 4.72 Å². The molecule has 3 nitrogen and oxygen atoms in total. The number of hydrogen-bond acceptors (Lipinski definition) is 2. The van der Waals surface area contributed by atoms with Crippen LogP contribution in [0.1, 0.15) is 11.1 Å². The quantitative estimate of drug-likeness (QED) is 0.617. The van der Waals surface area contributed by atoms with Crippen molar-refractivity contribution >= 4 is 27.3 Å². The van der Waals surface area contributed by atoms with Gasteiger partial charge in [-0.15, -0.1) is 6.42 Å². The first kappa shape index (κ1) is 19.0. The number of halogens is 6. The van der Waals surface area contributed by atoms with Gasteiger partial charge in [0.1, 0.15) is 10.7 Å². The van der Waals surface area contributed by atoms with Gasteiger partial charge in [0.25, 0.3) is 10.0 Å². The second kappa shape index (κ2) is 6.54. The summed E-state index contributed by atoms with van der Waals surface area (Å²) in [6.07, 6.45) is -0.0771. The minimum Gasteiger partial charge on any atom is -0.277 e. The van der Waals surface area contributed by atoms with E-state index < -0.39 is 49.5 Å². The monoisotopic (exact) mass is 395 g/mol. The van der Waals surface area contributed by atoms with E-state index >= 15 is 0 Å². The number of hydrogen-bond donors (Lipinski definition) is 1. The molecule has 2 aromatic carbocycles. The maximum Gasteiger partial charge on any atom is 0.417 e. The summed E-state index contributed by atoms with van der Waals surface area (Å²) in [6, 6.07) is 3.28. The van der Waals surface area contributed by atoms with Crippen molar-refractivity contribution in [2.45, 2.75) is 11.1 Å². The summed E-state index contributed by atoms with van der Waals surface area (Å²) in [4.78, 5) is -1.21. The minimum absolute atomic E-state index is 0.280. The van der Waals surface area contributed by atoms with Crippen LogP contribution in [0.3, 0.4) is 0 Å². The van der Waals surface area contributed by atoms with Gasteiger partial charge in [0.05, 0.1) is 16.8 Å². The highest BCUT2D eigenvalue weighted by Crippen LogP contribution is 2.36. The molecule has 0 aliphatic heterocycles. The molecule has 0 aliphatic carbocycles. The SMILES string of the molecule is C#Cc1c(F)ccc(NS(=O)(=O)c2cc(Cl)ccc2C(F)(F)F)c1F. The second-order valence-corrected chi connectivity index (χ2v) is 6.76. The number of rotatable bonds is 3. The molecule has 0 atom stereocenters. The van der Waals surface area contributed by atoms with Crippen molar-refractivity contribution < 1.29 is 30.4 Å². The molecule has 2 rings (SSSR count). The second-order valence-electron chi connectivity index (χ2n) is 4.67. The number of terminal acetylenes is 1. The van der Waals surface area contributed by atoms with Crippen LogP contribution in [0, 0.1) is 24.0 Å². The molecule has 0 spiro atoms. The van der Waals surface area contributed by atoms with Crippen LogP contribution in [0.4, 0.5) is 27.6 Å². The van der Waals surface area contributed by atoms with Gasteiger partial charge in [-0.05, 0) is 30.3 Å². The Kier molecular flexibility index (Phi) is 4.97. The fourth-order valence-electron chi connectivity index (χ4n) is 1.92. The lowest BCUT2D eigenvalue weighted by atomic mass is 10.2. The van der Waals surface area contributed by atoms with Crippen LogP contribution in [-0.2, 0) is 16.2 Å². The van der Waals surface area contributed by atoms with E-state index in [4.69, 9.17) is 18.0 Å². The zero-order valence-corrected chi connectivity index (χ0v) is 13.5. The van der Waals surface area contributed by atoms with Gasteiger partial charge in [-0.1, -0.05) is 17.5 Å². The topological polar surface area (TPSA) is 46.2 Å². The third kappa shape index (κ3) is 3.86. The first-order valence-electron chi connectivity index (χ1n) is 6.31. The van der Waals surface area contributed by atoms with E-state index in [1.54, 1.807) is 10.6 Å². The van der Waals surface area contributed by atoms with Crippen LogP contribution in [0.2, 0.25) is 5.02 Å². The number of anilines is 1. The Morgan fingerprint density at radius 2 is 1.76 bits per heavy atom. The Balaban J connectivity index is 2.60. The fourth-order valence-corrected chi connectivity index (χ4v) is 3.47. The summed E-state index contributed by atoms with van der Waals surface area (Å²) < 4.78 is 92.6. The summed E-state index contributed by atoms with van der Waals surface area (Å²) >= 11 is 5.57. The highest BCUT2D eigenvalue weighted by atomic mass is 35.5. The van der Waals surface area contributed by atoms with Gasteiger partial charge in [-0.3, -0.25) is 4.72 Å². The van der Waals surface area contributed by atoms with Crippen LogP contribution in [-0.4, -0.2) is 8.42 Å². The molecule has 0 saturated heterocycles. The van der Waals surface area contributed by atoms with Crippen molar-refractivity contribution in [1.82, 2.24) is 0 Å². The molecule has 0 bridgehead atoms. The molecular formula is C15H7ClF5NO2S. The molecule has 1 N–H and O–H groups in total. The minimum atomic E-state index is -5.00. The van der Waals surface area contributed by atoms with Gasteiger partial charge in [0.2, 0.25) is 0 Å². The summed E-state index contributed by atoms with van der Waals surface area (Å²) in [5.74, 6) is -0.864. The van der Waals surface area contributed by atoms with E-state index in [9.17, 15) is 30.4 Å². The molecule has 0 fully saturated rings. The number of sulfonamides is 1. The normalized spacial score (nSPS) is 11.9. The molecule has 0 saturated carbocycles. The van der Waals surface area contributed by atoms with Crippen LogP contribution in [0.5, 0.6) is 0 Å². The Hall–Kier alpha value is -2.31. The van der Waals surface area contributed by atoms with Gasteiger partial charge in [-0.25, -0.2) is 17.2 Å². The molecule has 0 aromatic heterocycles. The van der Waals surface area contributed by atoms with Gasteiger partial charge >= 0.3 is 6.18 Å². The van der Waals surface area contributed by atoms with Crippen molar-refractivity contribution in [1.29, 1.82) is 0 Å². The lowest BCUT2D eigenvalue weighted by molar-refractivity contribution is -0.139. The molecule has 0 radical (unpaired) electrons. The summed E-state index contributed by atoms with van der Waals surface area (Å²) in [5.41, 5.74) is -3.16. The predicted molar refractivity (Wildman–Crippen MR) is 81.6 cm³/mol. The number of alkyl halides is 3. The Labute approximate surface area is 144 Å². The third-order valence-corrected chi connectivity index (χ3v) is 4.66. The van der Waals surface area contributed by atoms with E-state index in [-0.39, 0.29) is 5.02 Å². The van der Waals surface area contributed by atoms with Crippen molar-refractivity contribution in [3.63, 3.8) is 0 Å². The smallest absolute Gasteiger partial charge is 0.277 e. The summed E-state index contributed by atoms with van der Waals surface area (Å²) in [7, 11) is -4.90. The summed E-state index contributed by atoms with van der Waals surface area (Å²) in [5, 5.41) is -0.280. The maximum atomic E-state index is 14.0. The first-order chi connectivity index (χ1) is 11.5. The zero-order valence-electron chi connectivity index (χ0n) is 12.0. The van der Waals surface area contributed by atoms with E-state index in [0.29, 0.717) is 24.3 Å². The maximum absolute atomic E-state index is 14.0. The summed E-state index contributed by atoms with van der Waals surface area (Å²) in [6.45, 7) is 0. The Morgan fingerprint density at radius 3 is 2.32 bits per heavy atom. The van der Waals surface area contributed by atoms with Crippen molar-refractivity contribution in [2.24, 2.45) is 0 Å². The van der Waals surface area contributed by atoms with Gasteiger partial charge in [-0.2, -0.15) is 13.2 Å². The highest BCUT2D eigenvalue weighted by Gasteiger charge is 2.37. The average molecular weight is 396 g/mol. The van der Waals surface area contributed by atoms with Crippen LogP contribution < -0.4 is 4.72 Å². The van der Waals surface area contributed by atoms with Crippen molar-refractivity contribution in [3.8, 4) is 12.3 Å². The fraction of sp³-hybridized carbons (Fsp3) is 0.0667. The molecular weight excluding hydrogens is 389 g/mol. The van der Waals surface area contributed by atoms with Crippen molar-refractivity contribution in [3.05, 3.63) is 58.1 Å².